The van der Waals surface area contributed by atoms with Crippen molar-refractivity contribution in [3.05, 3.63) is 64.0 Å². The Morgan fingerprint density at radius 3 is 2.19 bits per heavy atom. The molecule has 3 aromatic rings. The van der Waals surface area contributed by atoms with E-state index in [1.807, 2.05) is 30.3 Å². The molecular formula is C16H11FIN3. The highest BCUT2D eigenvalue weighted by molar-refractivity contribution is 14.1. The van der Waals surface area contributed by atoms with Crippen molar-refractivity contribution in [3.63, 3.8) is 0 Å². The molecule has 0 fully saturated rings. The lowest BCUT2D eigenvalue weighted by molar-refractivity contribution is 0.628. The van der Waals surface area contributed by atoms with Crippen molar-refractivity contribution in [2.24, 2.45) is 0 Å². The number of nitrogens with two attached hydrogens (primary N) is 1. The Morgan fingerprint density at radius 1 is 0.857 bits per heavy atom. The molecule has 0 atom stereocenters. The smallest absolute Gasteiger partial charge is 0.162 e. The highest BCUT2D eigenvalue weighted by atomic mass is 127. The van der Waals surface area contributed by atoms with Crippen LogP contribution in [-0.4, -0.2) is 9.97 Å². The molecular weight excluding hydrogens is 380 g/mol. The zero-order chi connectivity index (χ0) is 14.8. The Kier molecular flexibility index (Phi) is 3.83. The standard InChI is InChI=1S/C16H11FIN3/c17-12-8-6-11(7-9-12)16-20-14(13(18)15(19)21-16)10-4-2-1-3-5-10/h1-9H,(H2,19,20,21). The molecule has 1 heterocycles. The van der Waals surface area contributed by atoms with Crippen molar-refractivity contribution >= 4 is 28.4 Å². The molecule has 0 saturated carbocycles. The summed E-state index contributed by atoms with van der Waals surface area (Å²) >= 11 is 2.14. The SMILES string of the molecule is Nc1nc(-c2ccc(F)cc2)nc(-c2ccccc2)c1I. The van der Waals surface area contributed by atoms with Gasteiger partial charge in [-0.15, -0.1) is 0 Å². The molecule has 1 aromatic heterocycles. The van der Waals surface area contributed by atoms with Gasteiger partial charge in [0.15, 0.2) is 5.82 Å². The Bertz CT molecular complexity index is 774. The van der Waals surface area contributed by atoms with Crippen LogP contribution in [0.25, 0.3) is 22.6 Å². The van der Waals surface area contributed by atoms with Crippen molar-refractivity contribution < 1.29 is 4.39 Å². The van der Waals surface area contributed by atoms with Crippen LogP contribution in [-0.2, 0) is 0 Å². The minimum atomic E-state index is -0.291. The third-order valence-corrected chi connectivity index (χ3v) is 4.09. The van der Waals surface area contributed by atoms with Gasteiger partial charge in [-0.1, -0.05) is 30.3 Å². The van der Waals surface area contributed by atoms with Gasteiger partial charge in [0.2, 0.25) is 0 Å². The fourth-order valence-electron chi connectivity index (χ4n) is 1.98. The van der Waals surface area contributed by atoms with Crippen LogP contribution in [0.15, 0.2) is 54.6 Å². The van der Waals surface area contributed by atoms with Gasteiger partial charge in [-0.05, 0) is 46.9 Å². The molecule has 0 aliphatic heterocycles. The van der Waals surface area contributed by atoms with E-state index in [0.29, 0.717) is 11.6 Å². The molecule has 0 unspecified atom stereocenters. The number of aromatic nitrogens is 2. The molecule has 0 spiro atoms. The van der Waals surface area contributed by atoms with Crippen molar-refractivity contribution in [1.29, 1.82) is 0 Å². The molecule has 0 bridgehead atoms. The van der Waals surface area contributed by atoms with E-state index >= 15 is 0 Å². The molecule has 0 aliphatic carbocycles. The molecule has 104 valence electrons. The Morgan fingerprint density at radius 2 is 1.52 bits per heavy atom. The Balaban J connectivity index is 2.16. The van der Waals surface area contributed by atoms with E-state index in [4.69, 9.17) is 5.73 Å². The second kappa shape index (κ2) is 5.77. The second-order valence-electron chi connectivity index (χ2n) is 4.47. The van der Waals surface area contributed by atoms with Gasteiger partial charge in [-0.2, -0.15) is 0 Å². The summed E-state index contributed by atoms with van der Waals surface area (Å²) < 4.78 is 13.8. The van der Waals surface area contributed by atoms with Crippen LogP contribution in [0.2, 0.25) is 0 Å². The zero-order valence-electron chi connectivity index (χ0n) is 10.9. The number of hydrogen-bond acceptors (Lipinski definition) is 3. The number of hydrogen-bond donors (Lipinski definition) is 1. The third-order valence-electron chi connectivity index (χ3n) is 3.03. The first-order valence-corrected chi connectivity index (χ1v) is 7.37. The van der Waals surface area contributed by atoms with Crippen LogP contribution in [0.4, 0.5) is 10.2 Å². The molecule has 21 heavy (non-hydrogen) atoms. The predicted molar refractivity (Wildman–Crippen MR) is 90.0 cm³/mol. The number of halogens is 2. The molecule has 0 aliphatic rings. The van der Waals surface area contributed by atoms with Gasteiger partial charge in [0.05, 0.1) is 9.26 Å². The van der Waals surface area contributed by atoms with E-state index in [-0.39, 0.29) is 5.82 Å². The molecule has 5 heteroatoms. The molecule has 2 aromatic carbocycles. The summed E-state index contributed by atoms with van der Waals surface area (Å²) in [5.41, 5.74) is 8.48. The summed E-state index contributed by atoms with van der Waals surface area (Å²) in [4.78, 5) is 8.88. The number of anilines is 1. The fourth-order valence-corrected chi connectivity index (χ4v) is 2.53. The minimum absolute atomic E-state index is 0.291. The maximum atomic E-state index is 13.0. The molecule has 0 amide bonds. The summed E-state index contributed by atoms with van der Waals surface area (Å²) in [6.45, 7) is 0. The number of rotatable bonds is 2. The first-order chi connectivity index (χ1) is 10.1. The monoisotopic (exact) mass is 391 g/mol. The Labute approximate surface area is 135 Å². The summed E-state index contributed by atoms with van der Waals surface area (Å²) in [6, 6.07) is 15.8. The quantitative estimate of drug-likeness (QED) is 0.669. The zero-order valence-corrected chi connectivity index (χ0v) is 13.1. The van der Waals surface area contributed by atoms with Crippen LogP contribution in [0, 0.1) is 9.39 Å². The van der Waals surface area contributed by atoms with Gasteiger partial charge in [0.1, 0.15) is 11.6 Å². The molecule has 3 rings (SSSR count). The summed E-state index contributed by atoms with van der Waals surface area (Å²) in [5, 5.41) is 0. The van der Waals surface area contributed by atoms with E-state index in [9.17, 15) is 4.39 Å². The fraction of sp³-hybridized carbons (Fsp3) is 0. The lowest BCUT2D eigenvalue weighted by Gasteiger charge is -2.09. The summed E-state index contributed by atoms with van der Waals surface area (Å²) in [7, 11) is 0. The van der Waals surface area contributed by atoms with Gasteiger partial charge in [-0.3, -0.25) is 0 Å². The lowest BCUT2D eigenvalue weighted by atomic mass is 10.1. The second-order valence-corrected chi connectivity index (χ2v) is 5.55. The normalized spacial score (nSPS) is 10.6. The maximum Gasteiger partial charge on any atom is 0.162 e. The van der Waals surface area contributed by atoms with Gasteiger partial charge >= 0.3 is 0 Å². The van der Waals surface area contributed by atoms with Crippen molar-refractivity contribution in [2.45, 2.75) is 0 Å². The van der Waals surface area contributed by atoms with E-state index in [0.717, 1.165) is 20.4 Å². The largest absolute Gasteiger partial charge is 0.383 e. The number of nitrogens with zero attached hydrogens (tertiary/aromatic N) is 2. The van der Waals surface area contributed by atoms with Crippen molar-refractivity contribution in [2.75, 3.05) is 5.73 Å². The maximum absolute atomic E-state index is 13.0. The van der Waals surface area contributed by atoms with Gasteiger partial charge in [0, 0.05) is 11.1 Å². The highest BCUT2D eigenvalue weighted by Crippen LogP contribution is 2.29. The molecule has 2 N–H and O–H groups in total. The number of nitrogen functional groups attached to an aromatic ring is 1. The topological polar surface area (TPSA) is 51.8 Å². The van der Waals surface area contributed by atoms with Crippen LogP contribution < -0.4 is 5.73 Å². The molecule has 0 radical (unpaired) electrons. The van der Waals surface area contributed by atoms with Crippen molar-refractivity contribution in [3.8, 4) is 22.6 Å². The lowest BCUT2D eigenvalue weighted by Crippen LogP contribution is -2.02. The van der Waals surface area contributed by atoms with Gasteiger partial charge in [0.25, 0.3) is 0 Å². The minimum Gasteiger partial charge on any atom is -0.383 e. The first kappa shape index (κ1) is 13.9. The van der Waals surface area contributed by atoms with Gasteiger partial charge in [-0.25, -0.2) is 14.4 Å². The average Bonchev–Trinajstić information content (AvgIpc) is 2.51. The summed E-state index contributed by atoms with van der Waals surface area (Å²) in [5.74, 6) is 0.621. The number of benzene rings is 2. The Hall–Kier alpha value is -2.02. The highest BCUT2D eigenvalue weighted by Gasteiger charge is 2.13. The van der Waals surface area contributed by atoms with Crippen molar-refractivity contribution in [1.82, 2.24) is 9.97 Å². The van der Waals surface area contributed by atoms with E-state index in [1.165, 1.54) is 12.1 Å². The van der Waals surface area contributed by atoms with E-state index < -0.39 is 0 Å². The first-order valence-electron chi connectivity index (χ1n) is 6.29. The molecule has 3 nitrogen and oxygen atoms in total. The van der Waals surface area contributed by atoms with Crippen LogP contribution >= 0.6 is 22.6 Å². The molecule has 0 saturated heterocycles. The predicted octanol–water partition coefficient (Wildman–Crippen LogP) is 4.14. The van der Waals surface area contributed by atoms with Crippen LogP contribution in [0.5, 0.6) is 0 Å². The third kappa shape index (κ3) is 2.87. The summed E-state index contributed by atoms with van der Waals surface area (Å²) in [6.07, 6.45) is 0. The van der Waals surface area contributed by atoms with E-state index in [2.05, 4.69) is 32.6 Å². The average molecular weight is 391 g/mol. The van der Waals surface area contributed by atoms with E-state index in [1.54, 1.807) is 12.1 Å². The van der Waals surface area contributed by atoms with Crippen LogP contribution in [0.3, 0.4) is 0 Å². The van der Waals surface area contributed by atoms with Crippen LogP contribution in [0.1, 0.15) is 0 Å². The van der Waals surface area contributed by atoms with Gasteiger partial charge < -0.3 is 5.73 Å².